The number of amides is 1. The number of benzene rings is 1. The van der Waals surface area contributed by atoms with Crippen LogP contribution < -0.4 is 11.3 Å². The van der Waals surface area contributed by atoms with Crippen molar-refractivity contribution in [3.8, 4) is 0 Å². The molecule has 5 heteroatoms. The molecule has 0 spiro atoms. The minimum Gasteiger partial charge on any atom is -0.398 e. The number of nitrogens with two attached hydrogens (primary N) is 1. The van der Waals surface area contributed by atoms with Gasteiger partial charge in [-0.2, -0.15) is 0 Å². The molecule has 0 atom stereocenters. The molecular formula is C14H15N3O2. The Morgan fingerprint density at radius 3 is 2.63 bits per heavy atom. The van der Waals surface area contributed by atoms with E-state index in [1.807, 2.05) is 18.2 Å². The van der Waals surface area contributed by atoms with Crippen molar-refractivity contribution in [2.75, 3.05) is 12.8 Å². The quantitative estimate of drug-likeness (QED) is 0.812. The summed E-state index contributed by atoms with van der Waals surface area (Å²) in [6, 6.07) is 11.9. The summed E-state index contributed by atoms with van der Waals surface area (Å²) >= 11 is 0. The maximum atomic E-state index is 12.1. The van der Waals surface area contributed by atoms with E-state index in [9.17, 15) is 9.59 Å². The summed E-state index contributed by atoms with van der Waals surface area (Å²) in [5.41, 5.74) is 7.33. The first-order valence-electron chi connectivity index (χ1n) is 5.86. The highest BCUT2D eigenvalue weighted by Crippen LogP contribution is 2.13. The van der Waals surface area contributed by atoms with Crippen LogP contribution in [0, 0.1) is 0 Å². The van der Waals surface area contributed by atoms with Gasteiger partial charge in [0.15, 0.2) is 0 Å². The molecule has 2 rings (SSSR count). The molecule has 0 saturated carbocycles. The normalized spacial score (nSPS) is 10.2. The van der Waals surface area contributed by atoms with Gasteiger partial charge in [-0.1, -0.05) is 24.3 Å². The summed E-state index contributed by atoms with van der Waals surface area (Å²) < 4.78 is 0. The lowest BCUT2D eigenvalue weighted by molar-refractivity contribution is 0.0779. The minimum absolute atomic E-state index is 0.249. The largest absolute Gasteiger partial charge is 0.398 e. The van der Waals surface area contributed by atoms with Crippen LogP contribution >= 0.6 is 0 Å². The van der Waals surface area contributed by atoms with Gasteiger partial charge in [-0.25, -0.2) is 0 Å². The number of nitrogens with one attached hydrogen (secondary N) is 1. The van der Waals surface area contributed by atoms with E-state index in [1.165, 1.54) is 11.0 Å². The Morgan fingerprint density at radius 2 is 1.95 bits per heavy atom. The highest BCUT2D eigenvalue weighted by Gasteiger charge is 2.13. The van der Waals surface area contributed by atoms with Gasteiger partial charge >= 0.3 is 0 Å². The van der Waals surface area contributed by atoms with Crippen LogP contribution in [0.5, 0.6) is 0 Å². The summed E-state index contributed by atoms with van der Waals surface area (Å²) in [5, 5.41) is 0. The second-order valence-electron chi connectivity index (χ2n) is 4.29. The molecule has 0 bridgehead atoms. The van der Waals surface area contributed by atoms with Crippen molar-refractivity contribution in [1.29, 1.82) is 0 Å². The lowest BCUT2D eigenvalue weighted by atomic mass is 10.1. The van der Waals surface area contributed by atoms with Crippen LogP contribution in [0.15, 0.2) is 47.3 Å². The number of rotatable bonds is 3. The summed E-state index contributed by atoms with van der Waals surface area (Å²) in [6.07, 6.45) is 0. The van der Waals surface area contributed by atoms with Crippen LogP contribution in [0.3, 0.4) is 0 Å². The number of para-hydroxylation sites is 1. The number of carbonyl (C=O) groups excluding carboxylic acids is 1. The molecule has 2 aromatic rings. The molecule has 3 N–H and O–H groups in total. The third-order valence-electron chi connectivity index (χ3n) is 2.81. The second kappa shape index (κ2) is 5.39. The zero-order chi connectivity index (χ0) is 13.8. The monoisotopic (exact) mass is 257 g/mol. The van der Waals surface area contributed by atoms with Gasteiger partial charge in [-0.3, -0.25) is 9.59 Å². The Morgan fingerprint density at radius 1 is 1.21 bits per heavy atom. The lowest BCUT2D eigenvalue weighted by Crippen LogP contribution is -2.28. The van der Waals surface area contributed by atoms with Crippen molar-refractivity contribution in [3.63, 3.8) is 0 Å². The molecule has 1 amide bonds. The van der Waals surface area contributed by atoms with E-state index in [4.69, 9.17) is 5.73 Å². The Kier molecular flexibility index (Phi) is 3.66. The molecule has 19 heavy (non-hydrogen) atoms. The molecule has 1 heterocycles. The molecule has 0 aliphatic carbocycles. The number of carbonyl (C=O) groups is 1. The van der Waals surface area contributed by atoms with Gasteiger partial charge in [0.25, 0.3) is 5.91 Å². The van der Waals surface area contributed by atoms with Gasteiger partial charge < -0.3 is 15.6 Å². The predicted molar refractivity (Wildman–Crippen MR) is 73.7 cm³/mol. The van der Waals surface area contributed by atoms with Crippen LogP contribution in [-0.2, 0) is 6.54 Å². The topological polar surface area (TPSA) is 79.2 Å². The Labute approximate surface area is 110 Å². The van der Waals surface area contributed by atoms with Crippen LogP contribution in [0.1, 0.15) is 16.1 Å². The van der Waals surface area contributed by atoms with E-state index in [1.54, 1.807) is 25.2 Å². The number of pyridine rings is 1. The Hall–Kier alpha value is -2.56. The van der Waals surface area contributed by atoms with Crippen LogP contribution in [0.4, 0.5) is 5.69 Å². The summed E-state index contributed by atoms with van der Waals surface area (Å²) in [5.74, 6) is -0.249. The van der Waals surface area contributed by atoms with Crippen molar-refractivity contribution in [3.05, 3.63) is 64.1 Å². The average Bonchev–Trinajstić information content (AvgIpc) is 2.40. The number of H-pyrrole nitrogens is 1. The first-order chi connectivity index (χ1) is 9.08. The number of hydrogen-bond donors (Lipinski definition) is 2. The molecule has 0 aliphatic rings. The summed E-state index contributed by atoms with van der Waals surface area (Å²) in [4.78, 5) is 27.3. The maximum Gasteiger partial charge on any atom is 0.270 e. The molecule has 1 aromatic heterocycles. The number of anilines is 1. The zero-order valence-corrected chi connectivity index (χ0v) is 10.6. The molecule has 0 aliphatic heterocycles. The van der Waals surface area contributed by atoms with Crippen molar-refractivity contribution in [1.82, 2.24) is 9.88 Å². The Balaban J connectivity index is 2.16. The average molecular weight is 257 g/mol. The minimum atomic E-state index is -0.293. The second-order valence-corrected chi connectivity index (χ2v) is 4.29. The molecule has 0 unspecified atom stereocenters. The van der Waals surface area contributed by atoms with Gasteiger partial charge in [0.05, 0.1) is 0 Å². The van der Waals surface area contributed by atoms with E-state index in [-0.39, 0.29) is 17.2 Å². The first-order valence-corrected chi connectivity index (χ1v) is 5.86. The van der Waals surface area contributed by atoms with Gasteiger partial charge in [-0.15, -0.1) is 0 Å². The molecule has 0 radical (unpaired) electrons. The van der Waals surface area contributed by atoms with Crippen molar-refractivity contribution in [2.24, 2.45) is 0 Å². The van der Waals surface area contributed by atoms with E-state index >= 15 is 0 Å². The van der Waals surface area contributed by atoms with Crippen molar-refractivity contribution in [2.45, 2.75) is 6.54 Å². The zero-order valence-electron chi connectivity index (χ0n) is 10.6. The van der Waals surface area contributed by atoms with Gasteiger partial charge in [0, 0.05) is 25.3 Å². The predicted octanol–water partition coefficient (Wildman–Crippen LogP) is 1.23. The Bertz CT molecular complexity index is 649. The van der Waals surface area contributed by atoms with E-state index < -0.39 is 0 Å². The fraction of sp³-hybridized carbons (Fsp3) is 0.143. The standard InChI is InChI=1S/C14H15N3O2/c1-17(9-10-5-2-3-6-11(10)15)14(19)12-7-4-8-13(18)16-12/h2-8H,9,15H2,1H3,(H,16,18). The van der Waals surface area contributed by atoms with Crippen LogP contribution in [0.25, 0.3) is 0 Å². The van der Waals surface area contributed by atoms with Crippen LogP contribution in [0.2, 0.25) is 0 Å². The molecule has 0 fully saturated rings. The van der Waals surface area contributed by atoms with E-state index in [2.05, 4.69) is 4.98 Å². The van der Waals surface area contributed by atoms with E-state index in [0.717, 1.165) is 5.56 Å². The highest BCUT2D eigenvalue weighted by molar-refractivity contribution is 5.92. The van der Waals surface area contributed by atoms with Gasteiger partial charge in [-0.05, 0) is 17.7 Å². The maximum absolute atomic E-state index is 12.1. The van der Waals surface area contributed by atoms with Crippen molar-refractivity contribution < 1.29 is 4.79 Å². The molecule has 5 nitrogen and oxygen atoms in total. The number of nitrogen functional groups attached to an aromatic ring is 1. The first kappa shape index (κ1) is 12.9. The van der Waals surface area contributed by atoms with Crippen LogP contribution in [-0.4, -0.2) is 22.8 Å². The number of nitrogens with zero attached hydrogens (tertiary/aromatic N) is 1. The van der Waals surface area contributed by atoms with Crippen molar-refractivity contribution >= 4 is 11.6 Å². The third-order valence-corrected chi connectivity index (χ3v) is 2.81. The smallest absolute Gasteiger partial charge is 0.270 e. The van der Waals surface area contributed by atoms with Gasteiger partial charge in [0.1, 0.15) is 5.69 Å². The highest BCUT2D eigenvalue weighted by atomic mass is 16.2. The summed E-state index contributed by atoms with van der Waals surface area (Å²) in [6.45, 7) is 0.391. The molecular weight excluding hydrogens is 242 g/mol. The lowest BCUT2D eigenvalue weighted by Gasteiger charge is -2.18. The molecule has 0 saturated heterocycles. The fourth-order valence-corrected chi connectivity index (χ4v) is 1.78. The third kappa shape index (κ3) is 3.01. The number of aromatic nitrogens is 1. The number of hydrogen-bond acceptors (Lipinski definition) is 3. The fourth-order valence-electron chi connectivity index (χ4n) is 1.78. The number of aromatic amines is 1. The molecule has 98 valence electrons. The van der Waals surface area contributed by atoms with Gasteiger partial charge in [0.2, 0.25) is 5.56 Å². The summed E-state index contributed by atoms with van der Waals surface area (Å²) in [7, 11) is 1.67. The molecule has 1 aromatic carbocycles. The SMILES string of the molecule is CN(Cc1ccccc1N)C(=O)c1cccc(=O)[nH]1. The van der Waals surface area contributed by atoms with E-state index in [0.29, 0.717) is 12.2 Å².